The number of nitrogens with one attached hydrogen (secondary N) is 1. The van der Waals surface area contributed by atoms with Crippen LogP contribution in [0, 0.1) is 5.92 Å². The van der Waals surface area contributed by atoms with Crippen molar-refractivity contribution in [3.8, 4) is 11.5 Å². The van der Waals surface area contributed by atoms with Crippen LogP contribution in [0.4, 0.5) is 0 Å². The van der Waals surface area contributed by atoms with Gasteiger partial charge in [-0.05, 0) is 61.2 Å². The van der Waals surface area contributed by atoms with Gasteiger partial charge in [0.25, 0.3) is 5.91 Å². The van der Waals surface area contributed by atoms with Gasteiger partial charge < -0.3 is 29.5 Å². The number of hydrogen-bond donors (Lipinski definition) is 1. The molecule has 2 heterocycles. The van der Waals surface area contributed by atoms with E-state index in [1.807, 2.05) is 34.1 Å². The molecule has 1 aliphatic carbocycles. The number of rotatable bonds is 8. The molecule has 1 saturated carbocycles. The number of amides is 3. The highest BCUT2D eigenvalue weighted by atomic mass is 16.5. The summed E-state index contributed by atoms with van der Waals surface area (Å²) in [5.41, 5.74) is 1.45. The van der Waals surface area contributed by atoms with Crippen molar-refractivity contribution in [1.82, 2.24) is 20.0 Å². The molecule has 9 heteroatoms. The van der Waals surface area contributed by atoms with E-state index in [9.17, 15) is 14.4 Å². The lowest BCUT2D eigenvalue weighted by atomic mass is 10.1. The first-order chi connectivity index (χ1) is 18.5. The van der Waals surface area contributed by atoms with Gasteiger partial charge >= 0.3 is 0 Å². The first-order valence-electron chi connectivity index (χ1n) is 13.4. The fourth-order valence-electron chi connectivity index (χ4n) is 5.41. The van der Waals surface area contributed by atoms with Crippen molar-refractivity contribution in [3.63, 3.8) is 0 Å². The second-order valence-electron chi connectivity index (χ2n) is 10.3. The Kier molecular flexibility index (Phi) is 7.83. The molecule has 1 N–H and O–H groups in total. The number of piperazine rings is 1. The molecule has 202 valence electrons. The second-order valence-corrected chi connectivity index (χ2v) is 10.3. The molecule has 3 amide bonds. The van der Waals surface area contributed by atoms with Gasteiger partial charge in [-0.3, -0.25) is 14.4 Å². The number of ether oxygens (including phenoxy) is 2. The van der Waals surface area contributed by atoms with Crippen LogP contribution in [0.15, 0.2) is 48.5 Å². The number of benzene rings is 2. The smallest absolute Gasteiger partial charge is 0.254 e. The quantitative estimate of drug-likeness (QED) is 0.574. The van der Waals surface area contributed by atoms with E-state index in [0.29, 0.717) is 49.7 Å². The Labute approximate surface area is 223 Å². The highest BCUT2D eigenvalue weighted by Crippen LogP contribution is 2.36. The van der Waals surface area contributed by atoms with E-state index >= 15 is 0 Å². The minimum absolute atomic E-state index is 0.00352. The normalized spacial score (nSPS) is 21.2. The van der Waals surface area contributed by atoms with Gasteiger partial charge in [-0.25, -0.2) is 0 Å². The van der Waals surface area contributed by atoms with E-state index in [4.69, 9.17) is 9.47 Å². The van der Waals surface area contributed by atoms with Crippen molar-refractivity contribution in [2.75, 3.05) is 46.9 Å². The lowest BCUT2D eigenvalue weighted by molar-refractivity contribution is -0.144. The van der Waals surface area contributed by atoms with Crippen molar-refractivity contribution < 1.29 is 23.9 Å². The van der Waals surface area contributed by atoms with Gasteiger partial charge in [0.1, 0.15) is 17.5 Å². The Morgan fingerprint density at radius 3 is 2.32 bits per heavy atom. The fourth-order valence-corrected chi connectivity index (χ4v) is 5.41. The molecule has 3 fully saturated rings. The van der Waals surface area contributed by atoms with Gasteiger partial charge in [0.15, 0.2) is 0 Å². The van der Waals surface area contributed by atoms with Crippen molar-refractivity contribution in [3.05, 3.63) is 59.7 Å². The molecule has 9 nitrogen and oxygen atoms in total. The molecule has 0 bridgehead atoms. The summed E-state index contributed by atoms with van der Waals surface area (Å²) in [6.45, 7) is 3.44. The number of carbonyl (C=O) groups excluding carboxylic acids is 3. The predicted molar refractivity (Wildman–Crippen MR) is 142 cm³/mol. The summed E-state index contributed by atoms with van der Waals surface area (Å²) in [4.78, 5) is 46.3. The maximum Gasteiger partial charge on any atom is 0.254 e. The summed E-state index contributed by atoms with van der Waals surface area (Å²) in [7, 11) is 3.20. The molecular weight excluding hydrogens is 484 g/mol. The van der Waals surface area contributed by atoms with E-state index in [2.05, 4.69) is 5.32 Å². The highest BCUT2D eigenvalue weighted by Gasteiger charge is 2.47. The number of nitrogens with zero attached hydrogens (tertiary/aromatic N) is 3. The molecule has 3 aliphatic rings. The summed E-state index contributed by atoms with van der Waals surface area (Å²) in [6, 6.07) is 13.8. The molecular formula is C29H36N4O5. The zero-order valence-corrected chi connectivity index (χ0v) is 22.1. The van der Waals surface area contributed by atoms with E-state index < -0.39 is 6.04 Å². The SMILES string of the molecule is COc1ccc(C(=O)N(Cc2cccc(OC)c2)C2CC(C(=O)N3CCNCC3)N(C(=O)C3CC3)C2)cc1. The molecule has 38 heavy (non-hydrogen) atoms. The lowest BCUT2D eigenvalue weighted by Crippen LogP contribution is -2.53. The molecule has 0 radical (unpaired) electrons. The van der Waals surface area contributed by atoms with Crippen LogP contribution in [0.1, 0.15) is 35.2 Å². The van der Waals surface area contributed by atoms with Crippen LogP contribution >= 0.6 is 0 Å². The van der Waals surface area contributed by atoms with E-state index in [0.717, 1.165) is 31.5 Å². The molecule has 2 aromatic carbocycles. The average molecular weight is 521 g/mol. The van der Waals surface area contributed by atoms with Gasteiger partial charge in [0.2, 0.25) is 11.8 Å². The zero-order chi connectivity index (χ0) is 26.6. The van der Waals surface area contributed by atoms with E-state index in [1.165, 1.54) is 0 Å². The Morgan fingerprint density at radius 2 is 1.66 bits per heavy atom. The average Bonchev–Trinajstić information content (AvgIpc) is 3.73. The summed E-state index contributed by atoms with van der Waals surface area (Å²) in [5.74, 6) is 1.26. The molecule has 2 aromatic rings. The first kappa shape index (κ1) is 26.0. The maximum atomic E-state index is 13.9. The Hall–Kier alpha value is -3.59. The summed E-state index contributed by atoms with van der Waals surface area (Å²) in [6.07, 6.45) is 2.16. The van der Waals surface area contributed by atoms with Crippen LogP contribution in [0.5, 0.6) is 11.5 Å². The lowest BCUT2D eigenvalue weighted by Gasteiger charge is -2.32. The van der Waals surface area contributed by atoms with Gasteiger partial charge in [-0.1, -0.05) is 12.1 Å². The summed E-state index contributed by atoms with van der Waals surface area (Å²) >= 11 is 0. The predicted octanol–water partition coefficient (Wildman–Crippen LogP) is 2.16. The number of hydrogen-bond acceptors (Lipinski definition) is 6. The van der Waals surface area contributed by atoms with Crippen LogP contribution in [0.2, 0.25) is 0 Å². The number of carbonyl (C=O) groups is 3. The van der Waals surface area contributed by atoms with Gasteiger partial charge in [-0.2, -0.15) is 0 Å². The summed E-state index contributed by atoms with van der Waals surface area (Å²) in [5, 5.41) is 3.28. The molecule has 2 saturated heterocycles. The van der Waals surface area contributed by atoms with Crippen molar-refractivity contribution in [1.29, 1.82) is 0 Å². The molecule has 2 unspecified atom stereocenters. The number of likely N-dealkylation sites (tertiary alicyclic amines) is 1. The summed E-state index contributed by atoms with van der Waals surface area (Å²) < 4.78 is 10.7. The van der Waals surface area contributed by atoms with Crippen LogP contribution < -0.4 is 14.8 Å². The van der Waals surface area contributed by atoms with Crippen molar-refractivity contribution >= 4 is 17.7 Å². The minimum atomic E-state index is -0.553. The molecule has 0 spiro atoms. The highest BCUT2D eigenvalue weighted by molar-refractivity contribution is 5.95. The fraction of sp³-hybridized carbons (Fsp3) is 0.483. The Bertz CT molecular complexity index is 1160. The maximum absolute atomic E-state index is 13.9. The van der Waals surface area contributed by atoms with Crippen molar-refractivity contribution in [2.24, 2.45) is 5.92 Å². The van der Waals surface area contributed by atoms with E-state index in [1.54, 1.807) is 43.4 Å². The number of methoxy groups -OCH3 is 2. The second kappa shape index (κ2) is 11.4. The molecule has 2 atom stereocenters. The first-order valence-corrected chi connectivity index (χ1v) is 13.4. The van der Waals surface area contributed by atoms with Crippen LogP contribution in [0.25, 0.3) is 0 Å². The third kappa shape index (κ3) is 5.62. The molecule has 2 aliphatic heterocycles. The zero-order valence-electron chi connectivity index (χ0n) is 22.1. The third-order valence-electron chi connectivity index (χ3n) is 7.73. The topological polar surface area (TPSA) is 91.4 Å². The van der Waals surface area contributed by atoms with Crippen LogP contribution in [-0.2, 0) is 16.1 Å². The van der Waals surface area contributed by atoms with Gasteiger partial charge in [0, 0.05) is 50.7 Å². The largest absolute Gasteiger partial charge is 0.497 e. The van der Waals surface area contributed by atoms with Crippen molar-refractivity contribution in [2.45, 2.75) is 37.9 Å². The minimum Gasteiger partial charge on any atom is -0.497 e. The van der Waals surface area contributed by atoms with Gasteiger partial charge in [-0.15, -0.1) is 0 Å². The third-order valence-corrected chi connectivity index (χ3v) is 7.73. The van der Waals surface area contributed by atoms with Gasteiger partial charge in [0.05, 0.1) is 20.3 Å². The van der Waals surface area contributed by atoms with Crippen LogP contribution in [0.3, 0.4) is 0 Å². The van der Waals surface area contributed by atoms with Crippen LogP contribution in [-0.4, -0.2) is 91.4 Å². The Morgan fingerprint density at radius 1 is 0.947 bits per heavy atom. The van der Waals surface area contributed by atoms with E-state index in [-0.39, 0.29) is 29.7 Å². The Balaban J connectivity index is 1.44. The molecule has 5 rings (SSSR count). The monoisotopic (exact) mass is 520 g/mol. The molecule has 0 aromatic heterocycles. The standard InChI is InChI=1S/C29H36N4O5/c1-37-24-10-8-22(9-11-24)27(34)32(18-20-4-3-5-25(16-20)38-2)23-17-26(29(36)31-14-12-30-13-15-31)33(19-23)28(35)21-6-7-21/h3-5,8-11,16,21,23,26,30H,6-7,12-15,17-19H2,1-2H3.